The van der Waals surface area contributed by atoms with E-state index in [4.69, 9.17) is 9.52 Å². The molecule has 0 radical (unpaired) electrons. The molecule has 64 valence electrons. The highest BCUT2D eigenvalue weighted by molar-refractivity contribution is 9.09. The predicted molar refractivity (Wildman–Crippen MR) is 48.5 cm³/mol. The van der Waals surface area contributed by atoms with Crippen LogP contribution in [0.4, 0.5) is 0 Å². The van der Waals surface area contributed by atoms with Crippen molar-refractivity contribution in [3.8, 4) is 0 Å². The Morgan fingerprint density at radius 3 is 2.92 bits per heavy atom. The highest BCUT2D eigenvalue weighted by atomic mass is 79.9. The smallest absolute Gasteiger partial charge is 0.371 e. The minimum absolute atomic E-state index is 0.0378. The Hall–Kier alpha value is -1.03. The number of allylic oxidation sites excluding steroid dienone is 1. The van der Waals surface area contributed by atoms with Crippen molar-refractivity contribution in [2.75, 3.05) is 5.33 Å². The quantitative estimate of drug-likeness (QED) is 0.812. The monoisotopic (exact) mass is 230 g/mol. The lowest BCUT2D eigenvalue weighted by molar-refractivity contribution is 0.0662. The fourth-order valence-corrected chi connectivity index (χ4v) is 0.905. The minimum atomic E-state index is -1.05. The Morgan fingerprint density at radius 2 is 2.42 bits per heavy atom. The van der Waals surface area contributed by atoms with E-state index in [1.165, 1.54) is 6.07 Å². The lowest BCUT2D eigenvalue weighted by Crippen LogP contribution is -1.91. The number of carboxylic acid groups (broad SMARTS) is 1. The number of halogens is 1. The molecular formula is C8H7BrO3. The lowest BCUT2D eigenvalue weighted by Gasteiger charge is -1.84. The van der Waals surface area contributed by atoms with E-state index >= 15 is 0 Å². The SMILES string of the molecule is O=C(O)c1ccc(C=CCBr)o1. The summed E-state index contributed by atoms with van der Waals surface area (Å²) in [5, 5.41) is 9.21. The third kappa shape index (κ3) is 2.23. The molecule has 0 aliphatic heterocycles. The average molecular weight is 231 g/mol. The van der Waals surface area contributed by atoms with Gasteiger partial charge in [0.25, 0.3) is 0 Å². The number of hydrogen-bond acceptors (Lipinski definition) is 2. The van der Waals surface area contributed by atoms with Gasteiger partial charge in [0, 0.05) is 5.33 Å². The van der Waals surface area contributed by atoms with Crippen molar-refractivity contribution in [1.82, 2.24) is 0 Å². The molecule has 1 aromatic rings. The van der Waals surface area contributed by atoms with Crippen LogP contribution in [0.3, 0.4) is 0 Å². The van der Waals surface area contributed by atoms with Crippen molar-refractivity contribution in [2.24, 2.45) is 0 Å². The van der Waals surface area contributed by atoms with E-state index < -0.39 is 5.97 Å². The van der Waals surface area contributed by atoms with Crippen molar-refractivity contribution < 1.29 is 14.3 Å². The Kier molecular flexibility index (Phi) is 3.10. The van der Waals surface area contributed by atoms with Gasteiger partial charge >= 0.3 is 5.97 Å². The molecule has 1 N–H and O–H groups in total. The van der Waals surface area contributed by atoms with E-state index in [0.29, 0.717) is 5.76 Å². The standard InChI is InChI=1S/C8H7BrO3/c9-5-1-2-6-3-4-7(12-6)8(10)11/h1-4H,5H2,(H,10,11). The molecule has 0 aromatic carbocycles. The predicted octanol–water partition coefficient (Wildman–Crippen LogP) is 2.39. The van der Waals surface area contributed by atoms with Gasteiger partial charge in [0.1, 0.15) is 5.76 Å². The molecule has 0 amide bonds. The number of alkyl halides is 1. The fourth-order valence-electron chi connectivity index (χ4n) is 0.718. The molecule has 0 spiro atoms. The molecule has 0 bridgehead atoms. The maximum Gasteiger partial charge on any atom is 0.371 e. The maximum absolute atomic E-state index is 10.4. The summed E-state index contributed by atoms with van der Waals surface area (Å²) < 4.78 is 4.94. The Balaban J connectivity index is 2.77. The highest BCUT2D eigenvalue weighted by Gasteiger charge is 2.06. The second kappa shape index (κ2) is 4.11. The van der Waals surface area contributed by atoms with Gasteiger partial charge in [-0.3, -0.25) is 0 Å². The molecule has 4 heteroatoms. The third-order valence-electron chi connectivity index (χ3n) is 1.21. The van der Waals surface area contributed by atoms with Crippen LogP contribution >= 0.6 is 15.9 Å². The number of carboxylic acids is 1. The van der Waals surface area contributed by atoms with E-state index in [-0.39, 0.29) is 5.76 Å². The van der Waals surface area contributed by atoms with Gasteiger partial charge in [-0.1, -0.05) is 22.0 Å². The van der Waals surface area contributed by atoms with Crippen LogP contribution in [0.1, 0.15) is 16.3 Å². The van der Waals surface area contributed by atoms with Crippen molar-refractivity contribution >= 4 is 28.0 Å². The van der Waals surface area contributed by atoms with E-state index in [0.717, 1.165) is 5.33 Å². The van der Waals surface area contributed by atoms with E-state index in [1.54, 1.807) is 12.1 Å². The van der Waals surface area contributed by atoms with Crippen molar-refractivity contribution in [3.05, 3.63) is 29.7 Å². The van der Waals surface area contributed by atoms with Crippen LogP contribution in [-0.2, 0) is 0 Å². The summed E-state index contributed by atoms with van der Waals surface area (Å²) in [6.45, 7) is 0. The van der Waals surface area contributed by atoms with Gasteiger partial charge in [-0.05, 0) is 18.2 Å². The van der Waals surface area contributed by atoms with Crippen LogP contribution in [0.2, 0.25) is 0 Å². The molecule has 1 heterocycles. The first-order valence-corrected chi connectivity index (χ1v) is 4.42. The zero-order valence-corrected chi connectivity index (χ0v) is 7.74. The summed E-state index contributed by atoms with van der Waals surface area (Å²) in [5.74, 6) is -0.537. The number of aromatic carboxylic acids is 1. The molecule has 0 saturated heterocycles. The Bertz CT molecular complexity index is 301. The zero-order valence-electron chi connectivity index (χ0n) is 6.16. The van der Waals surface area contributed by atoms with E-state index in [1.807, 2.05) is 6.08 Å². The van der Waals surface area contributed by atoms with Gasteiger partial charge in [-0.25, -0.2) is 4.79 Å². The van der Waals surface area contributed by atoms with Crippen LogP contribution in [0.25, 0.3) is 6.08 Å². The van der Waals surface area contributed by atoms with Crippen LogP contribution in [0.15, 0.2) is 22.6 Å². The normalized spacial score (nSPS) is 10.8. The first kappa shape index (κ1) is 9.06. The molecule has 3 nitrogen and oxygen atoms in total. The molecule has 0 aliphatic rings. The second-order valence-corrected chi connectivity index (χ2v) is 2.71. The van der Waals surface area contributed by atoms with Gasteiger partial charge in [-0.2, -0.15) is 0 Å². The topological polar surface area (TPSA) is 50.4 Å². The van der Waals surface area contributed by atoms with Crippen molar-refractivity contribution in [1.29, 1.82) is 0 Å². The summed E-state index contributed by atoms with van der Waals surface area (Å²) in [6, 6.07) is 3.04. The Labute approximate surface area is 77.8 Å². The van der Waals surface area contributed by atoms with Gasteiger partial charge < -0.3 is 9.52 Å². The van der Waals surface area contributed by atoms with Crippen LogP contribution in [0, 0.1) is 0 Å². The van der Waals surface area contributed by atoms with Crippen LogP contribution < -0.4 is 0 Å². The van der Waals surface area contributed by atoms with Gasteiger partial charge in [0.2, 0.25) is 5.76 Å². The molecule has 0 atom stereocenters. The molecular weight excluding hydrogens is 224 g/mol. The largest absolute Gasteiger partial charge is 0.475 e. The number of rotatable bonds is 3. The van der Waals surface area contributed by atoms with Gasteiger partial charge in [-0.15, -0.1) is 0 Å². The third-order valence-corrected chi connectivity index (χ3v) is 1.58. The summed E-state index contributed by atoms with van der Waals surface area (Å²) in [7, 11) is 0. The second-order valence-electron chi connectivity index (χ2n) is 2.06. The minimum Gasteiger partial charge on any atom is -0.475 e. The molecule has 0 aliphatic carbocycles. The summed E-state index contributed by atoms with van der Waals surface area (Å²) in [6.07, 6.45) is 3.53. The molecule has 1 rings (SSSR count). The molecule has 0 fully saturated rings. The number of carbonyl (C=O) groups is 1. The molecule has 12 heavy (non-hydrogen) atoms. The number of furan rings is 1. The van der Waals surface area contributed by atoms with E-state index in [9.17, 15) is 4.79 Å². The number of hydrogen-bond donors (Lipinski definition) is 1. The van der Waals surface area contributed by atoms with Crippen molar-refractivity contribution in [2.45, 2.75) is 0 Å². The first-order valence-electron chi connectivity index (χ1n) is 3.29. The fraction of sp³-hybridized carbons (Fsp3) is 0.125. The van der Waals surface area contributed by atoms with Gasteiger partial charge in [0.15, 0.2) is 0 Å². The average Bonchev–Trinajstić information content (AvgIpc) is 2.48. The van der Waals surface area contributed by atoms with Gasteiger partial charge in [0.05, 0.1) is 0 Å². The summed E-state index contributed by atoms with van der Waals surface area (Å²) in [5.41, 5.74) is 0. The maximum atomic E-state index is 10.4. The lowest BCUT2D eigenvalue weighted by atomic mass is 10.4. The highest BCUT2D eigenvalue weighted by Crippen LogP contribution is 2.09. The molecule has 0 saturated carbocycles. The van der Waals surface area contributed by atoms with Crippen LogP contribution in [0.5, 0.6) is 0 Å². The van der Waals surface area contributed by atoms with E-state index in [2.05, 4.69) is 15.9 Å². The summed E-state index contributed by atoms with van der Waals surface area (Å²) >= 11 is 3.20. The zero-order chi connectivity index (χ0) is 8.97. The first-order chi connectivity index (χ1) is 5.74. The molecule has 0 unspecified atom stereocenters. The Morgan fingerprint density at radius 1 is 1.67 bits per heavy atom. The van der Waals surface area contributed by atoms with Crippen molar-refractivity contribution in [3.63, 3.8) is 0 Å². The summed E-state index contributed by atoms with van der Waals surface area (Å²) in [4.78, 5) is 10.4. The molecule has 1 aromatic heterocycles. The van der Waals surface area contributed by atoms with Crippen LogP contribution in [-0.4, -0.2) is 16.4 Å².